The lowest BCUT2D eigenvalue weighted by Crippen LogP contribution is -2.45. The second-order valence-electron chi connectivity index (χ2n) is 5.78. The molecule has 3 heterocycles. The summed E-state index contributed by atoms with van der Waals surface area (Å²) in [6, 6.07) is 4.21. The van der Waals surface area contributed by atoms with Crippen LogP contribution in [0.25, 0.3) is 11.0 Å². The van der Waals surface area contributed by atoms with Gasteiger partial charge in [0.2, 0.25) is 0 Å². The molecule has 0 bridgehead atoms. The summed E-state index contributed by atoms with van der Waals surface area (Å²) in [5, 5.41) is 0. The average molecular weight is 229 g/mol. The molecule has 3 nitrogen and oxygen atoms in total. The highest BCUT2D eigenvalue weighted by molar-refractivity contribution is 5.81. The molecule has 0 fully saturated rings. The van der Waals surface area contributed by atoms with Gasteiger partial charge in [0, 0.05) is 29.0 Å². The van der Waals surface area contributed by atoms with Gasteiger partial charge in [-0.1, -0.05) is 0 Å². The van der Waals surface area contributed by atoms with Crippen LogP contribution in [-0.4, -0.2) is 27.5 Å². The molecule has 2 aromatic rings. The SMILES string of the molecule is Cc1ccc2[nH]c3c(c2n1)CC(C)(C)N(C)C3. The number of rotatable bonds is 0. The Balaban J connectivity index is 2.22. The summed E-state index contributed by atoms with van der Waals surface area (Å²) < 4.78 is 0. The van der Waals surface area contributed by atoms with Gasteiger partial charge < -0.3 is 4.98 Å². The lowest BCUT2D eigenvalue weighted by atomic mass is 9.89. The Bertz CT molecular complexity index is 580. The van der Waals surface area contributed by atoms with E-state index in [9.17, 15) is 0 Å². The lowest BCUT2D eigenvalue weighted by Gasteiger charge is -2.39. The molecule has 0 spiro atoms. The van der Waals surface area contributed by atoms with Crippen LogP contribution in [0.2, 0.25) is 0 Å². The minimum absolute atomic E-state index is 0.216. The molecule has 0 amide bonds. The van der Waals surface area contributed by atoms with E-state index in [1.54, 1.807) is 0 Å². The van der Waals surface area contributed by atoms with Gasteiger partial charge in [-0.05, 0) is 46.4 Å². The van der Waals surface area contributed by atoms with Gasteiger partial charge in [0.15, 0.2) is 0 Å². The van der Waals surface area contributed by atoms with E-state index < -0.39 is 0 Å². The third-order valence-corrected chi connectivity index (χ3v) is 4.01. The van der Waals surface area contributed by atoms with Crippen molar-refractivity contribution in [3.05, 3.63) is 29.1 Å². The molecule has 0 saturated carbocycles. The molecule has 1 N–H and O–H groups in total. The molecule has 0 aromatic carbocycles. The van der Waals surface area contributed by atoms with Gasteiger partial charge >= 0.3 is 0 Å². The van der Waals surface area contributed by atoms with Crippen LogP contribution in [0.1, 0.15) is 30.8 Å². The smallest absolute Gasteiger partial charge is 0.0918 e. The first-order valence-electron chi connectivity index (χ1n) is 6.16. The third-order valence-electron chi connectivity index (χ3n) is 4.01. The lowest BCUT2D eigenvalue weighted by molar-refractivity contribution is 0.132. The van der Waals surface area contributed by atoms with E-state index >= 15 is 0 Å². The van der Waals surface area contributed by atoms with Crippen molar-refractivity contribution in [1.29, 1.82) is 0 Å². The zero-order valence-corrected chi connectivity index (χ0v) is 11.0. The van der Waals surface area contributed by atoms with E-state index in [0.29, 0.717) is 0 Å². The van der Waals surface area contributed by atoms with Gasteiger partial charge in [0.1, 0.15) is 0 Å². The van der Waals surface area contributed by atoms with Crippen molar-refractivity contribution in [3.8, 4) is 0 Å². The van der Waals surface area contributed by atoms with Crippen LogP contribution in [-0.2, 0) is 13.0 Å². The average Bonchev–Trinajstić information content (AvgIpc) is 2.56. The number of hydrogen-bond acceptors (Lipinski definition) is 2. The number of likely N-dealkylation sites (N-methyl/N-ethyl adjacent to an activating group) is 1. The van der Waals surface area contributed by atoms with Crippen molar-refractivity contribution >= 4 is 11.0 Å². The number of nitrogens with one attached hydrogen (secondary N) is 1. The van der Waals surface area contributed by atoms with Crippen LogP contribution in [0.3, 0.4) is 0 Å². The molecular weight excluding hydrogens is 210 g/mol. The Hall–Kier alpha value is -1.35. The summed E-state index contributed by atoms with van der Waals surface area (Å²) in [6.07, 6.45) is 1.06. The fourth-order valence-electron chi connectivity index (χ4n) is 2.61. The Morgan fingerprint density at radius 1 is 1.35 bits per heavy atom. The van der Waals surface area contributed by atoms with E-state index in [1.165, 1.54) is 22.3 Å². The van der Waals surface area contributed by atoms with E-state index in [4.69, 9.17) is 0 Å². The van der Waals surface area contributed by atoms with Gasteiger partial charge in [0.25, 0.3) is 0 Å². The summed E-state index contributed by atoms with van der Waals surface area (Å²) in [7, 11) is 2.19. The molecular formula is C14H19N3. The number of hydrogen-bond donors (Lipinski definition) is 1. The topological polar surface area (TPSA) is 31.9 Å². The van der Waals surface area contributed by atoms with Gasteiger partial charge in [-0.3, -0.25) is 9.88 Å². The molecule has 17 heavy (non-hydrogen) atoms. The number of aromatic amines is 1. The predicted molar refractivity (Wildman–Crippen MR) is 70.1 cm³/mol. The molecule has 0 saturated heterocycles. The van der Waals surface area contributed by atoms with Crippen molar-refractivity contribution in [2.75, 3.05) is 7.05 Å². The van der Waals surface area contributed by atoms with Crippen LogP contribution in [0, 0.1) is 6.92 Å². The van der Waals surface area contributed by atoms with Crippen LogP contribution in [0.15, 0.2) is 12.1 Å². The Morgan fingerprint density at radius 2 is 2.12 bits per heavy atom. The largest absolute Gasteiger partial charge is 0.356 e. The van der Waals surface area contributed by atoms with E-state index in [2.05, 4.69) is 54.8 Å². The zero-order valence-electron chi connectivity index (χ0n) is 11.0. The highest BCUT2D eigenvalue weighted by Gasteiger charge is 2.32. The Morgan fingerprint density at radius 3 is 2.88 bits per heavy atom. The summed E-state index contributed by atoms with van der Waals surface area (Å²) in [5.74, 6) is 0. The van der Waals surface area contributed by atoms with Crippen molar-refractivity contribution in [1.82, 2.24) is 14.9 Å². The highest BCUT2D eigenvalue weighted by Crippen LogP contribution is 2.33. The van der Waals surface area contributed by atoms with Crippen LogP contribution in [0.4, 0.5) is 0 Å². The quantitative estimate of drug-likeness (QED) is 0.753. The molecule has 0 atom stereocenters. The van der Waals surface area contributed by atoms with Crippen molar-refractivity contribution in [2.24, 2.45) is 0 Å². The number of aryl methyl sites for hydroxylation is 1. The molecule has 0 aliphatic carbocycles. The first-order valence-corrected chi connectivity index (χ1v) is 6.16. The molecule has 0 radical (unpaired) electrons. The minimum atomic E-state index is 0.216. The fraction of sp³-hybridized carbons (Fsp3) is 0.500. The first-order chi connectivity index (χ1) is 7.97. The maximum atomic E-state index is 4.69. The zero-order chi connectivity index (χ0) is 12.2. The first kappa shape index (κ1) is 10.8. The molecule has 3 heteroatoms. The van der Waals surface area contributed by atoms with E-state index in [-0.39, 0.29) is 5.54 Å². The van der Waals surface area contributed by atoms with Gasteiger partial charge in [-0.15, -0.1) is 0 Å². The standard InChI is InChI=1S/C14H19N3/c1-9-5-6-11-13(15-9)10-7-14(2,3)17(4)8-12(10)16-11/h5-6,16H,7-8H2,1-4H3. The molecule has 3 rings (SSSR count). The van der Waals surface area contributed by atoms with Crippen LogP contribution < -0.4 is 0 Å². The summed E-state index contributed by atoms with van der Waals surface area (Å²) in [5.41, 5.74) is 6.39. The van der Waals surface area contributed by atoms with E-state index in [1.807, 2.05) is 0 Å². The number of pyridine rings is 1. The second-order valence-corrected chi connectivity index (χ2v) is 5.78. The maximum absolute atomic E-state index is 4.69. The molecule has 2 aromatic heterocycles. The van der Waals surface area contributed by atoms with Gasteiger partial charge in [0.05, 0.1) is 11.0 Å². The van der Waals surface area contributed by atoms with Gasteiger partial charge in [-0.25, -0.2) is 0 Å². The van der Waals surface area contributed by atoms with Crippen LogP contribution in [0.5, 0.6) is 0 Å². The summed E-state index contributed by atoms with van der Waals surface area (Å²) >= 11 is 0. The van der Waals surface area contributed by atoms with Crippen molar-refractivity contribution in [2.45, 2.75) is 39.3 Å². The molecule has 90 valence electrons. The monoisotopic (exact) mass is 229 g/mol. The number of nitrogens with zero attached hydrogens (tertiary/aromatic N) is 2. The van der Waals surface area contributed by atoms with E-state index in [0.717, 1.165) is 18.7 Å². The molecule has 0 unspecified atom stereocenters. The summed E-state index contributed by atoms with van der Waals surface area (Å²) in [6.45, 7) is 7.63. The Labute approximate surface area is 102 Å². The highest BCUT2D eigenvalue weighted by atomic mass is 15.2. The minimum Gasteiger partial charge on any atom is -0.356 e. The predicted octanol–water partition coefficient (Wildman–Crippen LogP) is 2.64. The number of aromatic nitrogens is 2. The van der Waals surface area contributed by atoms with Crippen molar-refractivity contribution in [3.63, 3.8) is 0 Å². The number of H-pyrrole nitrogens is 1. The van der Waals surface area contributed by atoms with Gasteiger partial charge in [-0.2, -0.15) is 0 Å². The number of fused-ring (bicyclic) bond motifs is 3. The third kappa shape index (κ3) is 1.57. The normalized spacial score (nSPS) is 19.5. The molecule has 1 aliphatic rings. The van der Waals surface area contributed by atoms with Crippen molar-refractivity contribution < 1.29 is 0 Å². The van der Waals surface area contributed by atoms with Crippen LogP contribution >= 0.6 is 0 Å². The second kappa shape index (κ2) is 3.33. The summed E-state index contributed by atoms with van der Waals surface area (Å²) in [4.78, 5) is 10.6. The fourth-order valence-corrected chi connectivity index (χ4v) is 2.61. The Kier molecular flexibility index (Phi) is 2.11. The molecule has 1 aliphatic heterocycles. The maximum Gasteiger partial charge on any atom is 0.0918 e.